The molecule has 0 spiro atoms. The topological polar surface area (TPSA) is 50.1 Å². The molecule has 0 aliphatic heterocycles. The van der Waals surface area contributed by atoms with E-state index in [4.69, 9.17) is 0 Å². The number of nitrogens with one attached hydrogen (secondary N) is 1. The van der Waals surface area contributed by atoms with Crippen molar-refractivity contribution >= 4 is 0 Å². The molecule has 2 N–H and O–H groups in total. The summed E-state index contributed by atoms with van der Waals surface area (Å²) in [5, 5.41) is 12.8. The maximum absolute atomic E-state index is 9.45. The third-order valence-corrected chi connectivity index (χ3v) is 3.24. The minimum Gasteiger partial charge on any atom is -0.395 e. The van der Waals surface area contributed by atoms with Crippen molar-refractivity contribution in [3.63, 3.8) is 0 Å². The molecule has 1 aromatic carbocycles. The first-order chi connectivity index (χ1) is 9.33. The van der Waals surface area contributed by atoms with Gasteiger partial charge in [0, 0.05) is 25.0 Å². The predicted octanol–water partition coefficient (Wildman–Crippen LogP) is 1.60. The first-order valence-corrected chi connectivity index (χ1v) is 6.71. The number of nitrogens with zero attached hydrogens (tertiary/aromatic N) is 2. The fraction of sp³-hybridized carbons (Fsp3) is 0.400. The van der Waals surface area contributed by atoms with Crippen molar-refractivity contribution in [2.75, 3.05) is 6.61 Å². The summed E-state index contributed by atoms with van der Waals surface area (Å²) in [6.45, 7) is 3.82. The van der Waals surface area contributed by atoms with Crippen molar-refractivity contribution in [2.45, 2.75) is 32.5 Å². The van der Waals surface area contributed by atoms with E-state index in [-0.39, 0.29) is 12.6 Å². The Labute approximate surface area is 114 Å². The Morgan fingerprint density at radius 1 is 1.32 bits per heavy atom. The molecule has 0 saturated carbocycles. The maximum Gasteiger partial charge on any atom is 0.122 e. The van der Waals surface area contributed by atoms with Crippen LogP contribution in [0, 0.1) is 0 Å². The standard InChI is InChI=1S/C15H21N3O/c1-2-18-9-8-16-15(18)11-17-14(12-19)10-13-6-4-3-5-7-13/h3-9,14,17,19H,2,10-12H2,1H3/t14-/m1/s1. The Morgan fingerprint density at radius 2 is 2.11 bits per heavy atom. The zero-order valence-electron chi connectivity index (χ0n) is 11.3. The fourth-order valence-corrected chi connectivity index (χ4v) is 2.13. The highest BCUT2D eigenvalue weighted by Crippen LogP contribution is 2.04. The molecule has 2 aromatic rings. The number of rotatable bonds is 7. The number of hydrogen-bond donors (Lipinski definition) is 2. The van der Waals surface area contributed by atoms with E-state index in [1.807, 2.05) is 30.6 Å². The summed E-state index contributed by atoms with van der Waals surface area (Å²) in [7, 11) is 0. The monoisotopic (exact) mass is 259 g/mol. The molecule has 0 bridgehead atoms. The van der Waals surface area contributed by atoms with Crippen molar-refractivity contribution in [1.82, 2.24) is 14.9 Å². The van der Waals surface area contributed by atoms with Gasteiger partial charge in [-0.2, -0.15) is 0 Å². The summed E-state index contributed by atoms with van der Waals surface area (Å²) >= 11 is 0. The number of aliphatic hydroxyl groups excluding tert-OH is 1. The van der Waals surface area contributed by atoms with Crippen molar-refractivity contribution in [1.29, 1.82) is 0 Å². The first kappa shape index (κ1) is 13.8. The Bertz CT molecular complexity index is 481. The molecule has 4 nitrogen and oxygen atoms in total. The molecule has 0 saturated heterocycles. The molecule has 0 aliphatic carbocycles. The lowest BCUT2D eigenvalue weighted by Gasteiger charge is -2.16. The van der Waals surface area contributed by atoms with Gasteiger partial charge in [0.1, 0.15) is 5.82 Å². The molecule has 2 rings (SSSR count). The third kappa shape index (κ3) is 3.91. The van der Waals surface area contributed by atoms with Gasteiger partial charge in [-0.1, -0.05) is 30.3 Å². The van der Waals surface area contributed by atoms with E-state index in [0.717, 1.165) is 18.8 Å². The maximum atomic E-state index is 9.45. The highest BCUT2D eigenvalue weighted by Gasteiger charge is 2.09. The van der Waals surface area contributed by atoms with E-state index < -0.39 is 0 Å². The minimum absolute atomic E-state index is 0.0596. The normalized spacial score (nSPS) is 12.5. The summed E-state index contributed by atoms with van der Waals surface area (Å²) < 4.78 is 2.10. The summed E-state index contributed by atoms with van der Waals surface area (Å²) in [5.41, 5.74) is 1.23. The van der Waals surface area contributed by atoms with E-state index in [0.29, 0.717) is 6.54 Å². The van der Waals surface area contributed by atoms with Crippen molar-refractivity contribution in [3.05, 3.63) is 54.1 Å². The van der Waals surface area contributed by atoms with Gasteiger partial charge in [0.2, 0.25) is 0 Å². The molecule has 19 heavy (non-hydrogen) atoms. The molecule has 0 aliphatic rings. The average Bonchev–Trinajstić information content (AvgIpc) is 2.92. The highest BCUT2D eigenvalue weighted by atomic mass is 16.3. The van der Waals surface area contributed by atoms with Crippen LogP contribution in [-0.4, -0.2) is 27.3 Å². The Hall–Kier alpha value is -1.65. The summed E-state index contributed by atoms with van der Waals surface area (Å²) in [4.78, 5) is 4.32. The van der Waals surface area contributed by atoms with Crippen LogP contribution in [0.5, 0.6) is 0 Å². The molecular weight excluding hydrogens is 238 g/mol. The van der Waals surface area contributed by atoms with Gasteiger partial charge in [-0.3, -0.25) is 0 Å². The first-order valence-electron chi connectivity index (χ1n) is 6.71. The molecule has 1 heterocycles. The van der Waals surface area contributed by atoms with E-state index in [9.17, 15) is 5.11 Å². The van der Waals surface area contributed by atoms with Crippen LogP contribution < -0.4 is 5.32 Å². The quantitative estimate of drug-likeness (QED) is 0.794. The number of aliphatic hydroxyl groups is 1. The van der Waals surface area contributed by atoms with Crippen LogP contribution >= 0.6 is 0 Å². The van der Waals surface area contributed by atoms with Gasteiger partial charge in [-0.15, -0.1) is 0 Å². The summed E-state index contributed by atoms with van der Waals surface area (Å²) in [5.74, 6) is 1.01. The van der Waals surface area contributed by atoms with Crippen LogP contribution in [0.15, 0.2) is 42.7 Å². The van der Waals surface area contributed by atoms with Gasteiger partial charge in [-0.05, 0) is 18.9 Å². The smallest absolute Gasteiger partial charge is 0.122 e. The average molecular weight is 259 g/mol. The minimum atomic E-state index is 0.0596. The second kappa shape index (κ2) is 7.07. The highest BCUT2D eigenvalue weighted by molar-refractivity contribution is 5.15. The van der Waals surface area contributed by atoms with Gasteiger partial charge < -0.3 is 15.0 Å². The van der Waals surface area contributed by atoms with Crippen molar-refractivity contribution in [2.24, 2.45) is 0 Å². The van der Waals surface area contributed by atoms with E-state index >= 15 is 0 Å². The molecule has 0 amide bonds. The Balaban J connectivity index is 1.89. The Kier molecular flexibility index (Phi) is 5.12. The van der Waals surface area contributed by atoms with Crippen LogP contribution in [0.4, 0.5) is 0 Å². The predicted molar refractivity (Wildman–Crippen MR) is 75.8 cm³/mol. The number of benzene rings is 1. The number of imidazole rings is 1. The van der Waals surface area contributed by atoms with E-state index in [1.165, 1.54) is 5.56 Å². The lowest BCUT2D eigenvalue weighted by Crippen LogP contribution is -2.34. The SMILES string of the molecule is CCn1ccnc1CN[C@@H](CO)Cc1ccccc1. The second-order valence-corrected chi connectivity index (χ2v) is 4.58. The van der Waals surface area contributed by atoms with Crippen LogP contribution in [0.25, 0.3) is 0 Å². The summed E-state index contributed by atoms with van der Waals surface area (Å²) in [6.07, 6.45) is 4.61. The molecule has 0 unspecified atom stereocenters. The number of aryl methyl sites for hydroxylation is 1. The molecule has 0 fully saturated rings. The van der Waals surface area contributed by atoms with E-state index in [1.54, 1.807) is 0 Å². The van der Waals surface area contributed by atoms with Crippen LogP contribution in [0.2, 0.25) is 0 Å². The van der Waals surface area contributed by atoms with Crippen LogP contribution in [-0.2, 0) is 19.5 Å². The molecule has 1 atom stereocenters. The third-order valence-electron chi connectivity index (χ3n) is 3.24. The number of aromatic nitrogens is 2. The Morgan fingerprint density at radius 3 is 2.79 bits per heavy atom. The molecular formula is C15H21N3O. The van der Waals surface area contributed by atoms with Gasteiger partial charge in [0.05, 0.1) is 13.2 Å². The summed E-state index contributed by atoms with van der Waals surface area (Å²) in [6, 6.07) is 10.3. The van der Waals surface area contributed by atoms with Gasteiger partial charge >= 0.3 is 0 Å². The van der Waals surface area contributed by atoms with Gasteiger partial charge in [0.15, 0.2) is 0 Å². The lowest BCUT2D eigenvalue weighted by atomic mass is 10.1. The largest absolute Gasteiger partial charge is 0.395 e. The number of hydrogen-bond acceptors (Lipinski definition) is 3. The van der Waals surface area contributed by atoms with Crippen LogP contribution in [0.3, 0.4) is 0 Å². The zero-order chi connectivity index (χ0) is 13.5. The molecule has 4 heteroatoms. The molecule has 102 valence electrons. The van der Waals surface area contributed by atoms with Crippen LogP contribution in [0.1, 0.15) is 18.3 Å². The lowest BCUT2D eigenvalue weighted by molar-refractivity contribution is 0.239. The van der Waals surface area contributed by atoms with E-state index in [2.05, 4.69) is 33.9 Å². The molecule has 0 radical (unpaired) electrons. The van der Waals surface area contributed by atoms with Gasteiger partial charge in [0.25, 0.3) is 0 Å². The molecule has 1 aromatic heterocycles. The fourth-order valence-electron chi connectivity index (χ4n) is 2.13. The van der Waals surface area contributed by atoms with Gasteiger partial charge in [-0.25, -0.2) is 4.98 Å². The van der Waals surface area contributed by atoms with Crippen molar-refractivity contribution < 1.29 is 5.11 Å². The van der Waals surface area contributed by atoms with Crippen molar-refractivity contribution in [3.8, 4) is 0 Å². The zero-order valence-corrected chi connectivity index (χ0v) is 11.3. The second-order valence-electron chi connectivity index (χ2n) is 4.58.